The third kappa shape index (κ3) is 2.50. The molecule has 0 aromatic heterocycles. The second-order valence-electron chi connectivity index (χ2n) is 3.85. The van der Waals surface area contributed by atoms with Crippen LogP contribution in [0.3, 0.4) is 0 Å². The highest BCUT2D eigenvalue weighted by Crippen LogP contribution is 2.33. The molecular weight excluding hydrogens is 222 g/mol. The molecule has 0 amide bonds. The van der Waals surface area contributed by atoms with Crippen LogP contribution in [0.1, 0.15) is 5.56 Å². The molecule has 2 N–H and O–H groups in total. The largest absolute Gasteiger partial charge is 0.469 e. The van der Waals surface area contributed by atoms with Crippen LogP contribution in [0.25, 0.3) is 0 Å². The highest BCUT2D eigenvalue weighted by molar-refractivity contribution is 5.73. The summed E-state index contributed by atoms with van der Waals surface area (Å²) in [5.74, 6) is 0.838. The van der Waals surface area contributed by atoms with Crippen molar-refractivity contribution in [3.63, 3.8) is 0 Å². The Balaban J connectivity index is 2.10. The summed E-state index contributed by atoms with van der Waals surface area (Å²) in [4.78, 5) is 11.4. The highest BCUT2D eigenvalue weighted by Gasteiger charge is 2.20. The van der Waals surface area contributed by atoms with Crippen LogP contribution in [0.4, 0.5) is 0 Å². The van der Waals surface area contributed by atoms with E-state index in [1.54, 1.807) is 0 Å². The summed E-state index contributed by atoms with van der Waals surface area (Å²) in [6.45, 7) is 0.511. The van der Waals surface area contributed by atoms with Gasteiger partial charge in [0.05, 0.1) is 13.0 Å². The number of esters is 1. The van der Waals surface area contributed by atoms with Gasteiger partial charge in [-0.25, -0.2) is 0 Å². The molecule has 17 heavy (non-hydrogen) atoms. The molecule has 1 atom stereocenters. The van der Waals surface area contributed by atoms with Crippen molar-refractivity contribution in [3.05, 3.63) is 23.8 Å². The number of rotatable bonds is 4. The summed E-state index contributed by atoms with van der Waals surface area (Å²) < 4.78 is 15.2. The van der Waals surface area contributed by atoms with E-state index >= 15 is 0 Å². The molecule has 2 rings (SSSR count). The maximum absolute atomic E-state index is 11.4. The lowest BCUT2D eigenvalue weighted by atomic mass is 9.99. The number of nitrogens with two attached hydrogens (primary N) is 1. The fourth-order valence-electron chi connectivity index (χ4n) is 1.78. The Hall–Kier alpha value is -1.75. The van der Waals surface area contributed by atoms with E-state index in [1.165, 1.54) is 7.11 Å². The third-order valence-corrected chi connectivity index (χ3v) is 2.74. The molecule has 1 aromatic rings. The first-order valence-electron chi connectivity index (χ1n) is 5.41. The van der Waals surface area contributed by atoms with Crippen molar-refractivity contribution in [2.24, 2.45) is 11.7 Å². The monoisotopic (exact) mass is 237 g/mol. The molecule has 0 aliphatic carbocycles. The number of methoxy groups -OCH3 is 1. The van der Waals surface area contributed by atoms with Gasteiger partial charge in [-0.3, -0.25) is 4.79 Å². The first-order valence-corrected chi connectivity index (χ1v) is 5.41. The van der Waals surface area contributed by atoms with Crippen molar-refractivity contribution in [3.8, 4) is 11.5 Å². The van der Waals surface area contributed by atoms with Crippen LogP contribution in [-0.4, -0.2) is 26.4 Å². The van der Waals surface area contributed by atoms with Gasteiger partial charge < -0.3 is 19.9 Å². The Kier molecular flexibility index (Phi) is 3.49. The van der Waals surface area contributed by atoms with E-state index in [0.29, 0.717) is 12.2 Å². The first kappa shape index (κ1) is 11.7. The van der Waals surface area contributed by atoms with Crippen LogP contribution in [0.5, 0.6) is 11.5 Å². The molecule has 1 heterocycles. The van der Waals surface area contributed by atoms with Gasteiger partial charge in [0.15, 0.2) is 11.5 Å². The summed E-state index contributed by atoms with van der Waals surface area (Å²) in [5.41, 5.74) is 6.53. The fraction of sp³-hybridized carbons (Fsp3) is 0.417. The average Bonchev–Trinajstić information content (AvgIpc) is 2.82. The zero-order valence-corrected chi connectivity index (χ0v) is 9.64. The minimum absolute atomic E-state index is 0.246. The Morgan fingerprint density at radius 2 is 2.24 bits per heavy atom. The van der Waals surface area contributed by atoms with Crippen LogP contribution in [0.15, 0.2) is 18.2 Å². The van der Waals surface area contributed by atoms with Crippen molar-refractivity contribution in [2.75, 3.05) is 20.4 Å². The van der Waals surface area contributed by atoms with Crippen LogP contribution in [-0.2, 0) is 16.0 Å². The number of ether oxygens (including phenoxy) is 3. The van der Waals surface area contributed by atoms with E-state index in [9.17, 15) is 4.79 Å². The molecule has 0 spiro atoms. The molecule has 0 radical (unpaired) electrons. The van der Waals surface area contributed by atoms with Crippen molar-refractivity contribution in [1.82, 2.24) is 0 Å². The number of carbonyl (C=O) groups excluding carboxylic acids is 1. The summed E-state index contributed by atoms with van der Waals surface area (Å²) in [5, 5.41) is 0. The molecule has 1 aliphatic heterocycles. The molecule has 5 nitrogen and oxygen atoms in total. The molecule has 1 aromatic carbocycles. The van der Waals surface area contributed by atoms with Crippen molar-refractivity contribution in [2.45, 2.75) is 6.42 Å². The highest BCUT2D eigenvalue weighted by atomic mass is 16.7. The van der Waals surface area contributed by atoms with E-state index in [4.69, 9.17) is 19.9 Å². The normalized spacial score (nSPS) is 14.5. The van der Waals surface area contributed by atoms with Crippen molar-refractivity contribution < 1.29 is 19.0 Å². The van der Waals surface area contributed by atoms with Crippen LogP contribution in [0.2, 0.25) is 0 Å². The Morgan fingerprint density at radius 3 is 2.94 bits per heavy atom. The van der Waals surface area contributed by atoms with E-state index in [1.807, 2.05) is 18.2 Å². The Morgan fingerprint density at radius 1 is 1.47 bits per heavy atom. The van der Waals surface area contributed by atoms with Crippen LogP contribution < -0.4 is 15.2 Å². The van der Waals surface area contributed by atoms with Gasteiger partial charge in [-0.05, 0) is 24.1 Å². The SMILES string of the molecule is COC(=O)[C@@H](CN)Cc1ccc2c(c1)OCO2. The lowest BCUT2D eigenvalue weighted by molar-refractivity contribution is -0.145. The van der Waals surface area contributed by atoms with Crippen molar-refractivity contribution in [1.29, 1.82) is 0 Å². The summed E-state index contributed by atoms with van der Waals surface area (Å²) in [6.07, 6.45) is 0.541. The zero-order chi connectivity index (χ0) is 12.3. The molecule has 0 saturated heterocycles. The molecule has 0 unspecified atom stereocenters. The number of carbonyl (C=O) groups is 1. The lowest BCUT2D eigenvalue weighted by Crippen LogP contribution is -2.26. The van der Waals surface area contributed by atoms with E-state index in [2.05, 4.69) is 0 Å². The molecular formula is C12H15NO4. The van der Waals surface area contributed by atoms with E-state index in [-0.39, 0.29) is 25.2 Å². The average molecular weight is 237 g/mol. The number of fused-ring (bicyclic) bond motifs is 1. The minimum atomic E-state index is -0.319. The van der Waals surface area contributed by atoms with Gasteiger partial charge in [-0.1, -0.05) is 6.07 Å². The topological polar surface area (TPSA) is 70.8 Å². The van der Waals surface area contributed by atoms with Gasteiger partial charge in [-0.15, -0.1) is 0 Å². The summed E-state index contributed by atoms with van der Waals surface area (Å²) in [7, 11) is 1.37. The molecule has 0 saturated carbocycles. The predicted octanol–water partition coefficient (Wildman–Crippen LogP) is 0.706. The van der Waals surface area contributed by atoms with Gasteiger partial charge in [0.2, 0.25) is 6.79 Å². The van der Waals surface area contributed by atoms with E-state index < -0.39 is 0 Å². The Labute approximate surface area is 99.5 Å². The molecule has 5 heteroatoms. The van der Waals surface area contributed by atoms with Gasteiger partial charge in [0, 0.05) is 6.54 Å². The van der Waals surface area contributed by atoms with Crippen LogP contribution >= 0.6 is 0 Å². The van der Waals surface area contributed by atoms with Gasteiger partial charge in [-0.2, -0.15) is 0 Å². The molecule has 92 valence electrons. The maximum atomic E-state index is 11.4. The van der Waals surface area contributed by atoms with Gasteiger partial charge in [0.1, 0.15) is 0 Å². The van der Waals surface area contributed by atoms with Crippen LogP contribution in [0, 0.1) is 5.92 Å². The second kappa shape index (κ2) is 5.05. The zero-order valence-electron chi connectivity index (χ0n) is 9.64. The van der Waals surface area contributed by atoms with Crippen molar-refractivity contribution >= 4 is 5.97 Å². The molecule has 0 bridgehead atoms. The molecule has 1 aliphatic rings. The number of benzene rings is 1. The second-order valence-corrected chi connectivity index (χ2v) is 3.85. The Bertz CT molecular complexity index is 419. The maximum Gasteiger partial charge on any atom is 0.310 e. The first-order chi connectivity index (χ1) is 8.24. The third-order valence-electron chi connectivity index (χ3n) is 2.74. The quantitative estimate of drug-likeness (QED) is 0.781. The molecule has 0 fully saturated rings. The number of hydrogen-bond acceptors (Lipinski definition) is 5. The van der Waals surface area contributed by atoms with Gasteiger partial charge >= 0.3 is 5.97 Å². The van der Waals surface area contributed by atoms with E-state index in [0.717, 1.165) is 11.3 Å². The smallest absolute Gasteiger partial charge is 0.310 e. The standard InChI is InChI=1S/C12H15NO4/c1-15-12(14)9(6-13)4-8-2-3-10-11(5-8)17-7-16-10/h2-3,5,9H,4,6-7,13H2,1H3/t9-/m1/s1. The van der Waals surface area contributed by atoms with Gasteiger partial charge in [0.25, 0.3) is 0 Å². The number of hydrogen-bond donors (Lipinski definition) is 1. The fourth-order valence-corrected chi connectivity index (χ4v) is 1.78. The predicted molar refractivity (Wildman–Crippen MR) is 60.8 cm³/mol. The summed E-state index contributed by atoms with van der Waals surface area (Å²) >= 11 is 0. The minimum Gasteiger partial charge on any atom is -0.469 e. The summed E-state index contributed by atoms with van der Waals surface area (Å²) in [6, 6.07) is 5.61. The lowest BCUT2D eigenvalue weighted by Gasteiger charge is -2.12.